The van der Waals surface area contributed by atoms with E-state index < -0.39 is 11.7 Å². The first-order valence-corrected chi connectivity index (χ1v) is 9.74. The topological polar surface area (TPSA) is 57.7 Å². The Hall–Kier alpha value is -2.52. The van der Waals surface area contributed by atoms with Crippen LogP contribution in [-0.2, 0) is 17.5 Å². The molecule has 1 aliphatic rings. The number of pyridine rings is 1. The monoisotopic (exact) mass is 442 g/mol. The molecule has 6 nitrogen and oxygen atoms in total. The second-order valence-corrected chi connectivity index (χ2v) is 7.29. The van der Waals surface area contributed by atoms with Crippen LogP contribution in [-0.4, -0.2) is 55.6 Å². The molecule has 1 aromatic heterocycles. The molecule has 2 heterocycles. The molecule has 1 aromatic carbocycles. The SMILES string of the molecule is COc1ccccc1CNC(=O)CN1CCN(c2ncc(C(F)(F)F)cc2Cl)CC1. The van der Waals surface area contributed by atoms with Gasteiger partial charge in [0.15, 0.2) is 0 Å². The number of hydrogen-bond acceptors (Lipinski definition) is 5. The Labute approximate surface area is 177 Å². The minimum atomic E-state index is -4.48. The molecule has 0 radical (unpaired) electrons. The molecule has 0 atom stereocenters. The number of nitrogens with one attached hydrogen (secondary N) is 1. The first kappa shape index (κ1) is 22.2. The van der Waals surface area contributed by atoms with E-state index in [4.69, 9.17) is 16.3 Å². The Morgan fingerprint density at radius 3 is 2.57 bits per heavy atom. The number of alkyl halides is 3. The van der Waals surface area contributed by atoms with E-state index in [9.17, 15) is 18.0 Å². The van der Waals surface area contributed by atoms with Crippen LogP contribution in [0.1, 0.15) is 11.1 Å². The average molecular weight is 443 g/mol. The van der Waals surface area contributed by atoms with Crippen molar-refractivity contribution < 1.29 is 22.7 Å². The predicted molar refractivity (Wildman–Crippen MR) is 108 cm³/mol. The molecule has 162 valence electrons. The molecule has 0 saturated carbocycles. The molecular formula is C20H22ClF3N4O2. The van der Waals surface area contributed by atoms with Gasteiger partial charge in [0.05, 0.1) is 24.2 Å². The van der Waals surface area contributed by atoms with Crippen LogP contribution in [0, 0.1) is 0 Å². The lowest BCUT2D eigenvalue weighted by molar-refractivity contribution is -0.137. The number of amides is 1. The number of aromatic nitrogens is 1. The van der Waals surface area contributed by atoms with Crippen molar-refractivity contribution in [2.75, 3.05) is 44.7 Å². The second-order valence-electron chi connectivity index (χ2n) is 6.88. The first-order chi connectivity index (χ1) is 14.3. The van der Waals surface area contributed by atoms with E-state index >= 15 is 0 Å². The van der Waals surface area contributed by atoms with E-state index in [-0.39, 0.29) is 17.5 Å². The second kappa shape index (κ2) is 9.53. The summed E-state index contributed by atoms with van der Waals surface area (Å²) in [5.41, 5.74) is 0.0165. The van der Waals surface area contributed by atoms with Crippen LogP contribution >= 0.6 is 11.6 Å². The Kier molecular flexibility index (Phi) is 7.04. The summed E-state index contributed by atoms with van der Waals surface area (Å²) in [5, 5.41) is 2.84. The average Bonchev–Trinajstić information content (AvgIpc) is 2.72. The highest BCUT2D eigenvalue weighted by molar-refractivity contribution is 6.33. The minimum absolute atomic E-state index is 0.0344. The Morgan fingerprint density at radius 2 is 1.93 bits per heavy atom. The van der Waals surface area contributed by atoms with Crippen molar-refractivity contribution in [2.45, 2.75) is 12.7 Å². The van der Waals surface area contributed by atoms with Gasteiger partial charge in [0, 0.05) is 44.5 Å². The van der Waals surface area contributed by atoms with E-state index in [0.29, 0.717) is 44.3 Å². The number of benzene rings is 1. The number of piperazine rings is 1. The maximum atomic E-state index is 12.8. The van der Waals surface area contributed by atoms with E-state index in [1.807, 2.05) is 34.1 Å². The third kappa shape index (κ3) is 5.54. The summed E-state index contributed by atoms with van der Waals surface area (Å²) in [4.78, 5) is 20.0. The number of halogens is 4. The predicted octanol–water partition coefficient (Wildman–Crippen LogP) is 3.20. The van der Waals surface area contributed by atoms with Gasteiger partial charge in [-0.3, -0.25) is 9.69 Å². The summed E-state index contributed by atoms with van der Waals surface area (Å²) in [6.45, 7) is 2.77. The summed E-state index contributed by atoms with van der Waals surface area (Å²) in [6, 6.07) is 8.35. The normalized spacial score (nSPS) is 15.2. The molecule has 2 aromatic rings. The number of ether oxygens (including phenoxy) is 1. The molecule has 0 aliphatic carbocycles. The zero-order valence-electron chi connectivity index (χ0n) is 16.4. The fraction of sp³-hybridized carbons (Fsp3) is 0.400. The highest BCUT2D eigenvalue weighted by Crippen LogP contribution is 2.33. The highest BCUT2D eigenvalue weighted by atomic mass is 35.5. The molecule has 1 fully saturated rings. The van der Waals surface area contributed by atoms with Gasteiger partial charge in [0.1, 0.15) is 11.6 Å². The van der Waals surface area contributed by atoms with Crippen LogP contribution in [0.15, 0.2) is 36.5 Å². The lowest BCUT2D eigenvalue weighted by Gasteiger charge is -2.35. The Bertz CT molecular complexity index is 887. The summed E-state index contributed by atoms with van der Waals surface area (Å²) < 4.78 is 43.6. The number of para-hydroxylation sites is 1. The van der Waals surface area contributed by atoms with Crippen molar-refractivity contribution in [3.05, 3.63) is 52.7 Å². The molecule has 3 rings (SSSR count). The smallest absolute Gasteiger partial charge is 0.417 e. The van der Waals surface area contributed by atoms with Crippen molar-refractivity contribution in [1.82, 2.24) is 15.2 Å². The quantitative estimate of drug-likeness (QED) is 0.744. The van der Waals surface area contributed by atoms with Crippen molar-refractivity contribution >= 4 is 23.3 Å². The van der Waals surface area contributed by atoms with Gasteiger partial charge in [-0.2, -0.15) is 13.2 Å². The third-order valence-corrected chi connectivity index (χ3v) is 5.13. The molecule has 10 heteroatoms. The third-order valence-electron chi connectivity index (χ3n) is 4.86. The summed E-state index contributed by atoms with van der Waals surface area (Å²) >= 11 is 6.02. The molecule has 1 N–H and O–H groups in total. The number of carbonyl (C=O) groups excluding carboxylic acids is 1. The van der Waals surface area contributed by atoms with Gasteiger partial charge >= 0.3 is 6.18 Å². The standard InChI is InChI=1S/C20H22ClF3N4O2/c1-30-17-5-3-2-4-14(17)11-25-18(29)13-27-6-8-28(9-7-27)19-16(21)10-15(12-26-19)20(22,23)24/h2-5,10,12H,6-9,11,13H2,1H3,(H,25,29). The van der Waals surface area contributed by atoms with Crippen molar-refractivity contribution in [2.24, 2.45) is 0 Å². The van der Waals surface area contributed by atoms with Crippen molar-refractivity contribution in [3.8, 4) is 5.75 Å². The van der Waals surface area contributed by atoms with Gasteiger partial charge < -0.3 is 15.0 Å². The lowest BCUT2D eigenvalue weighted by atomic mass is 10.2. The number of nitrogens with zero attached hydrogens (tertiary/aromatic N) is 3. The van der Waals surface area contributed by atoms with Crippen molar-refractivity contribution in [1.29, 1.82) is 0 Å². The number of methoxy groups -OCH3 is 1. The summed E-state index contributed by atoms with van der Waals surface area (Å²) in [5.74, 6) is 0.928. The van der Waals surface area contributed by atoms with Crippen molar-refractivity contribution in [3.63, 3.8) is 0 Å². The zero-order valence-corrected chi connectivity index (χ0v) is 17.1. The number of carbonyl (C=O) groups is 1. The highest BCUT2D eigenvalue weighted by Gasteiger charge is 2.32. The fourth-order valence-electron chi connectivity index (χ4n) is 3.24. The molecule has 0 spiro atoms. The largest absolute Gasteiger partial charge is 0.496 e. The molecule has 1 aliphatic heterocycles. The first-order valence-electron chi connectivity index (χ1n) is 9.36. The number of hydrogen-bond donors (Lipinski definition) is 1. The number of anilines is 1. The van der Waals surface area contributed by atoms with Crippen LogP contribution < -0.4 is 15.0 Å². The van der Waals surface area contributed by atoms with Crippen LogP contribution in [0.5, 0.6) is 5.75 Å². The number of rotatable bonds is 6. The Balaban J connectivity index is 1.49. The van der Waals surface area contributed by atoms with E-state index in [2.05, 4.69) is 10.3 Å². The molecule has 1 saturated heterocycles. The van der Waals surface area contributed by atoms with E-state index in [1.54, 1.807) is 7.11 Å². The van der Waals surface area contributed by atoms with Gasteiger partial charge in [-0.1, -0.05) is 29.8 Å². The van der Waals surface area contributed by atoms with Crippen LogP contribution in [0.25, 0.3) is 0 Å². The molecule has 30 heavy (non-hydrogen) atoms. The Morgan fingerprint density at radius 1 is 1.23 bits per heavy atom. The van der Waals surface area contributed by atoms with E-state index in [1.165, 1.54) is 0 Å². The molecule has 0 bridgehead atoms. The molecular weight excluding hydrogens is 421 g/mol. The minimum Gasteiger partial charge on any atom is -0.496 e. The lowest BCUT2D eigenvalue weighted by Crippen LogP contribution is -2.49. The van der Waals surface area contributed by atoms with Gasteiger partial charge in [0.2, 0.25) is 5.91 Å². The fourth-order valence-corrected chi connectivity index (χ4v) is 3.52. The summed E-state index contributed by atoms with van der Waals surface area (Å²) in [7, 11) is 1.58. The molecule has 1 amide bonds. The van der Waals surface area contributed by atoms with Gasteiger partial charge in [-0.25, -0.2) is 4.98 Å². The maximum Gasteiger partial charge on any atom is 0.417 e. The van der Waals surface area contributed by atoms with Gasteiger partial charge in [0.25, 0.3) is 0 Å². The van der Waals surface area contributed by atoms with Gasteiger partial charge in [-0.15, -0.1) is 0 Å². The van der Waals surface area contributed by atoms with Crippen LogP contribution in [0.2, 0.25) is 5.02 Å². The van der Waals surface area contributed by atoms with E-state index in [0.717, 1.165) is 17.8 Å². The molecule has 0 unspecified atom stereocenters. The summed E-state index contributed by atoms with van der Waals surface area (Å²) in [6.07, 6.45) is -3.69. The van der Waals surface area contributed by atoms with Gasteiger partial charge in [-0.05, 0) is 12.1 Å². The van der Waals surface area contributed by atoms with Crippen LogP contribution in [0.3, 0.4) is 0 Å². The van der Waals surface area contributed by atoms with Crippen LogP contribution in [0.4, 0.5) is 19.0 Å². The maximum absolute atomic E-state index is 12.8. The zero-order chi connectivity index (χ0) is 21.7.